The molecule has 1 amide bonds. The highest BCUT2D eigenvalue weighted by Gasteiger charge is 2.20. The van der Waals surface area contributed by atoms with Gasteiger partial charge < -0.3 is 10.6 Å². The van der Waals surface area contributed by atoms with Gasteiger partial charge in [0.25, 0.3) is 0 Å². The van der Waals surface area contributed by atoms with Crippen molar-refractivity contribution in [2.75, 3.05) is 11.9 Å². The highest BCUT2D eigenvalue weighted by Crippen LogP contribution is 2.10. The van der Waals surface area contributed by atoms with E-state index in [1.165, 1.54) is 0 Å². The van der Waals surface area contributed by atoms with Gasteiger partial charge in [-0.05, 0) is 37.8 Å². The number of hydrogen-bond acceptors (Lipinski definition) is 4. The van der Waals surface area contributed by atoms with Crippen molar-refractivity contribution in [1.29, 1.82) is 0 Å². The molecule has 0 saturated heterocycles. The minimum atomic E-state index is -0.407. The zero-order valence-corrected chi connectivity index (χ0v) is 15.5. The SMILES string of the molecule is Cc1cc(C)nc(NC(Cc2ccccc2)C(=O)NCCC(C)C)n1. The second-order valence-electron chi connectivity index (χ2n) is 6.83. The highest BCUT2D eigenvalue weighted by atomic mass is 16.2. The maximum Gasteiger partial charge on any atom is 0.242 e. The first-order valence-corrected chi connectivity index (χ1v) is 8.84. The fourth-order valence-electron chi connectivity index (χ4n) is 2.61. The van der Waals surface area contributed by atoms with Crippen LogP contribution >= 0.6 is 0 Å². The molecule has 0 bridgehead atoms. The zero-order chi connectivity index (χ0) is 18.2. The monoisotopic (exact) mass is 340 g/mol. The number of anilines is 1. The number of nitrogens with zero attached hydrogens (tertiary/aromatic N) is 2. The third-order valence-corrected chi connectivity index (χ3v) is 3.91. The van der Waals surface area contributed by atoms with Gasteiger partial charge in [-0.2, -0.15) is 0 Å². The Morgan fingerprint density at radius 3 is 2.32 bits per heavy atom. The first-order valence-electron chi connectivity index (χ1n) is 8.84. The second kappa shape index (κ2) is 9.16. The number of hydrogen-bond donors (Lipinski definition) is 2. The molecule has 0 aliphatic heterocycles. The molecule has 0 aliphatic carbocycles. The molecular formula is C20H28N4O. The molecule has 25 heavy (non-hydrogen) atoms. The number of rotatable bonds is 8. The number of aromatic nitrogens is 2. The topological polar surface area (TPSA) is 66.9 Å². The number of nitrogens with one attached hydrogen (secondary N) is 2. The molecule has 0 saturated carbocycles. The fraction of sp³-hybridized carbons (Fsp3) is 0.450. The van der Waals surface area contributed by atoms with Crippen molar-refractivity contribution in [2.45, 2.75) is 46.6 Å². The third-order valence-electron chi connectivity index (χ3n) is 3.91. The van der Waals surface area contributed by atoms with E-state index < -0.39 is 6.04 Å². The number of benzene rings is 1. The number of carbonyl (C=O) groups is 1. The lowest BCUT2D eigenvalue weighted by molar-refractivity contribution is -0.121. The van der Waals surface area contributed by atoms with Gasteiger partial charge in [0.1, 0.15) is 6.04 Å². The minimum absolute atomic E-state index is 0.0211. The summed E-state index contributed by atoms with van der Waals surface area (Å²) in [7, 11) is 0. The maximum absolute atomic E-state index is 12.7. The summed E-state index contributed by atoms with van der Waals surface area (Å²) in [4.78, 5) is 21.5. The van der Waals surface area contributed by atoms with Gasteiger partial charge in [0.15, 0.2) is 0 Å². The van der Waals surface area contributed by atoms with Crippen molar-refractivity contribution in [3.05, 3.63) is 53.3 Å². The fourth-order valence-corrected chi connectivity index (χ4v) is 2.61. The predicted octanol–water partition coefficient (Wildman–Crippen LogP) is 3.28. The van der Waals surface area contributed by atoms with Crippen LogP contribution in [0, 0.1) is 19.8 Å². The Kier molecular flexibility index (Phi) is 6.92. The number of carbonyl (C=O) groups excluding carboxylic acids is 1. The Bertz CT molecular complexity index is 665. The van der Waals surface area contributed by atoms with Gasteiger partial charge in [-0.3, -0.25) is 4.79 Å². The quantitative estimate of drug-likeness (QED) is 0.774. The van der Waals surface area contributed by atoms with Gasteiger partial charge in [-0.1, -0.05) is 44.2 Å². The molecule has 5 nitrogen and oxygen atoms in total. The molecule has 5 heteroatoms. The Labute approximate surface area is 150 Å². The summed E-state index contributed by atoms with van der Waals surface area (Å²) >= 11 is 0. The summed E-state index contributed by atoms with van der Waals surface area (Å²) in [5, 5.41) is 6.24. The number of amides is 1. The minimum Gasteiger partial charge on any atom is -0.354 e. The highest BCUT2D eigenvalue weighted by molar-refractivity contribution is 5.84. The van der Waals surface area contributed by atoms with Crippen LogP contribution in [0.4, 0.5) is 5.95 Å². The summed E-state index contributed by atoms with van der Waals surface area (Å²) < 4.78 is 0. The average molecular weight is 340 g/mol. The van der Waals surface area contributed by atoms with Crippen LogP contribution in [0.3, 0.4) is 0 Å². The van der Waals surface area contributed by atoms with E-state index in [1.807, 2.05) is 50.2 Å². The van der Waals surface area contributed by atoms with Gasteiger partial charge in [0.2, 0.25) is 11.9 Å². The summed E-state index contributed by atoms with van der Waals surface area (Å²) in [5.74, 6) is 1.04. The largest absolute Gasteiger partial charge is 0.354 e. The smallest absolute Gasteiger partial charge is 0.242 e. The third kappa shape index (κ3) is 6.53. The van der Waals surface area contributed by atoms with Crippen LogP contribution < -0.4 is 10.6 Å². The lowest BCUT2D eigenvalue weighted by atomic mass is 10.0. The molecule has 1 heterocycles. The van der Waals surface area contributed by atoms with Gasteiger partial charge in [-0.25, -0.2) is 9.97 Å². The van der Waals surface area contributed by atoms with Crippen LogP contribution in [0.5, 0.6) is 0 Å². The van der Waals surface area contributed by atoms with Crippen molar-refractivity contribution in [1.82, 2.24) is 15.3 Å². The molecule has 0 radical (unpaired) electrons. The predicted molar refractivity (Wildman–Crippen MR) is 102 cm³/mol. The van der Waals surface area contributed by atoms with E-state index in [4.69, 9.17) is 0 Å². The van der Waals surface area contributed by atoms with Gasteiger partial charge in [0, 0.05) is 24.4 Å². The summed E-state index contributed by atoms with van der Waals surface area (Å²) in [6.07, 6.45) is 1.55. The van der Waals surface area contributed by atoms with Crippen molar-refractivity contribution in [3.8, 4) is 0 Å². The van der Waals surface area contributed by atoms with Crippen LogP contribution in [-0.4, -0.2) is 28.5 Å². The summed E-state index contributed by atoms with van der Waals surface area (Å²) in [5.41, 5.74) is 2.87. The molecule has 1 aromatic carbocycles. The molecule has 2 rings (SSSR count). The van der Waals surface area contributed by atoms with E-state index in [1.54, 1.807) is 0 Å². The molecule has 2 N–H and O–H groups in total. The summed E-state index contributed by atoms with van der Waals surface area (Å²) in [6.45, 7) is 8.82. The van der Waals surface area contributed by atoms with Crippen LogP contribution in [0.2, 0.25) is 0 Å². The van der Waals surface area contributed by atoms with Crippen LogP contribution in [0.15, 0.2) is 36.4 Å². The lowest BCUT2D eigenvalue weighted by Crippen LogP contribution is -2.42. The normalized spacial score (nSPS) is 12.0. The van der Waals surface area contributed by atoms with E-state index in [2.05, 4.69) is 34.4 Å². The van der Waals surface area contributed by atoms with Crippen LogP contribution in [0.1, 0.15) is 37.2 Å². The average Bonchev–Trinajstić information content (AvgIpc) is 2.54. The van der Waals surface area contributed by atoms with E-state index in [9.17, 15) is 4.79 Å². The standard InChI is InChI=1S/C20H28N4O/c1-14(2)10-11-21-19(25)18(13-17-8-6-5-7-9-17)24-20-22-15(3)12-16(4)23-20/h5-9,12,14,18H,10-11,13H2,1-4H3,(H,21,25)(H,22,23,24). The van der Waals surface area contributed by atoms with E-state index >= 15 is 0 Å². The number of aryl methyl sites for hydroxylation is 2. The van der Waals surface area contributed by atoms with Crippen LogP contribution in [0.25, 0.3) is 0 Å². The van der Waals surface area contributed by atoms with Crippen LogP contribution in [-0.2, 0) is 11.2 Å². The Hall–Kier alpha value is -2.43. The maximum atomic E-state index is 12.7. The van der Waals surface area contributed by atoms with E-state index in [0.717, 1.165) is 23.4 Å². The Morgan fingerprint density at radius 1 is 1.08 bits per heavy atom. The van der Waals surface area contributed by atoms with Crippen molar-refractivity contribution in [3.63, 3.8) is 0 Å². The first kappa shape index (κ1) is 18.9. The van der Waals surface area contributed by atoms with E-state index in [0.29, 0.717) is 24.8 Å². The van der Waals surface area contributed by atoms with Gasteiger partial charge >= 0.3 is 0 Å². The lowest BCUT2D eigenvalue weighted by Gasteiger charge is -2.19. The molecule has 1 unspecified atom stereocenters. The van der Waals surface area contributed by atoms with Crippen molar-refractivity contribution < 1.29 is 4.79 Å². The molecule has 1 atom stereocenters. The van der Waals surface area contributed by atoms with Gasteiger partial charge in [0.05, 0.1) is 0 Å². The summed E-state index contributed by atoms with van der Waals surface area (Å²) in [6, 6.07) is 11.5. The molecule has 1 aromatic heterocycles. The van der Waals surface area contributed by atoms with Gasteiger partial charge in [-0.15, -0.1) is 0 Å². The molecular weight excluding hydrogens is 312 g/mol. The Morgan fingerprint density at radius 2 is 1.72 bits per heavy atom. The second-order valence-corrected chi connectivity index (χ2v) is 6.83. The Balaban J connectivity index is 2.11. The van der Waals surface area contributed by atoms with Crippen molar-refractivity contribution >= 4 is 11.9 Å². The van der Waals surface area contributed by atoms with Crippen molar-refractivity contribution in [2.24, 2.45) is 5.92 Å². The molecule has 2 aromatic rings. The van der Waals surface area contributed by atoms with E-state index in [-0.39, 0.29) is 5.91 Å². The zero-order valence-electron chi connectivity index (χ0n) is 15.5. The molecule has 0 aliphatic rings. The molecule has 0 fully saturated rings. The molecule has 134 valence electrons. The first-order chi connectivity index (χ1) is 11.9. The molecule has 0 spiro atoms.